The first-order valence-corrected chi connectivity index (χ1v) is 3.63. The lowest BCUT2D eigenvalue weighted by Crippen LogP contribution is -1.89. The summed E-state index contributed by atoms with van der Waals surface area (Å²) in [6.45, 7) is 0. The van der Waals surface area contributed by atoms with Crippen LogP contribution in [0.5, 0.6) is 0 Å². The van der Waals surface area contributed by atoms with Crippen LogP contribution in [-0.2, 0) is 6.42 Å². The van der Waals surface area contributed by atoms with Crippen molar-refractivity contribution in [2.45, 2.75) is 6.42 Å². The highest BCUT2D eigenvalue weighted by molar-refractivity contribution is 5.17. The van der Waals surface area contributed by atoms with E-state index in [-0.39, 0.29) is 0 Å². The molecule has 1 aromatic heterocycles. The summed E-state index contributed by atoms with van der Waals surface area (Å²) in [7, 11) is 0. The summed E-state index contributed by atoms with van der Waals surface area (Å²) in [6, 6.07) is 10.7. The molecule has 1 N–H and O–H groups in total. The van der Waals surface area contributed by atoms with Gasteiger partial charge >= 0.3 is 0 Å². The molecule has 0 saturated carbocycles. The van der Waals surface area contributed by atoms with Crippen LogP contribution in [0.4, 0.5) is 0 Å². The smallest absolute Gasteiger partial charge is 0.152 e. The highest BCUT2D eigenvalue weighted by Crippen LogP contribution is 2.02. The van der Waals surface area contributed by atoms with Gasteiger partial charge in [0.15, 0.2) is 5.82 Å². The minimum Gasteiger partial charge on any atom is -0.243 e. The Balaban J connectivity index is 2.15. The van der Waals surface area contributed by atoms with E-state index in [0.29, 0.717) is 0 Å². The lowest BCUT2D eigenvalue weighted by Gasteiger charge is -1.93. The molecule has 0 bridgehead atoms. The first-order chi connectivity index (χ1) is 5.95. The van der Waals surface area contributed by atoms with Crippen LogP contribution in [-0.4, -0.2) is 20.6 Å². The molecule has 4 nitrogen and oxygen atoms in total. The van der Waals surface area contributed by atoms with Crippen LogP contribution < -0.4 is 0 Å². The fourth-order valence-corrected chi connectivity index (χ4v) is 0.986. The molecule has 0 unspecified atom stereocenters. The van der Waals surface area contributed by atoms with Crippen LogP contribution in [0.15, 0.2) is 24.3 Å². The fourth-order valence-electron chi connectivity index (χ4n) is 0.986. The van der Waals surface area contributed by atoms with Crippen molar-refractivity contribution in [2.75, 3.05) is 0 Å². The van der Waals surface area contributed by atoms with E-state index in [2.05, 4.69) is 26.7 Å². The van der Waals surface area contributed by atoms with E-state index in [1.54, 1.807) is 0 Å². The average Bonchev–Trinajstić information content (AvgIpc) is 2.59. The Kier molecular flexibility index (Phi) is 1.82. The minimum atomic E-state index is 0.738. The van der Waals surface area contributed by atoms with Crippen molar-refractivity contribution >= 4 is 0 Å². The monoisotopic (exact) mass is 159 g/mol. The second kappa shape index (κ2) is 3.13. The zero-order valence-electron chi connectivity index (χ0n) is 6.36. The Morgan fingerprint density at radius 3 is 2.83 bits per heavy atom. The van der Waals surface area contributed by atoms with Gasteiger partial charge in [-0.3, -0.25) is 0 Å². The topological polar surface area (TPSA) is 54.5 Å². The fraction of sp³-hybridized carbons (Fsp3) is 0.125. The Labute approximate surface area is 69.6 Å². The molecule has 0 aliphatic heterocycles. The van der Waals surface area contributed by atoms with E-state index < -0.39 is 0 Å². The van der Waals surface area contributed by atoms with Gasteiger partial charge in [0.2, 0.25) is 0 Å². The van der Waals surface area contributed by atoms with Crippen molar-refractivity contribution in [3.8, 4) is 0 Å². The van der Waals surface area contributed by atoms with E-state index in [0.717, 1.165) is 12.2 Å². The standard InChI is InChI=1S/C8H7N4/c1-2-4-7(5-3-1)6-8-9-11-12-10-8/h2-5H,6H2,(H,9,10,11,12). The summed E-state index contributed by atoms with van der Waals surface area (Å²) in [5.74, 6) is 0.779. The summed E-state index contributed by atoms with van der Waals surface area (Å²) in [6.07, 6.45) is 0.738. The zero-order valence-corrected chi connectivity index (χ0v) is 6.36. The maximum Gasteiger partial charge on any atom is 0.152 e. The number of rotatable bonds is 2. The minimum absolute atomic E-state index is 0.738. The molecule has 0 spiro atoms. The third kappa shape index (κ3) is 1.47. The second-order valence-electron chi connectivity index (χ2n) is 2.43. The number of nitrogens with zero attached hydrogens (tertiary/aromatic N) is 3. The van der Waals surface area contributed by atoms with Crippen molar-refractivity contribution in [2.24, 2.45) is 0 Å². The molecule has 0 amide bonds. The van der Waals surface area contributed by atoms with Crippen LogP contribution in [0.2, 0.25) is 0 Å². The van der Waals surface area contributed by atoms with Crippen LogP contribution in [0.1, 0.15) is 11.4 Å². The van der Waals surface area contributed by atoms with Gasteiger partial charge in [0.05, 0.1) is 0 Å². The van der Waals surface area contributed by atoms with Crippen molar-refractivity contribution in [3.63, 3.8) is 0 Å². The Bertz CT molecular complexity index is 327. The molecule has 0 aliphatic rings. The van der Waals surface area contributed by atoms with E-state index in [4.69, 9.17) is 0 Å². The zero-order chi connectivity index (χ0) is 8.23. The summed E-state index contributed by atoms with van der Waals surface area (Å²) < 4.78 is 0. The summed E-state index contributed by atoms with van der Waals surface area (Å²) >= 11 is 0. The molecule has 0 saturated heterocycles. The maximum atomic E-state index is 3.78. The van der Waals surface area contributed by atoms with Crippen molar-refractivity contribution < 1.29 is 0 Å². The number of tetrazole rings is 1. The number of aromatic nitrogens is 4. The largest absolute Gasteiger partial charge is 0.243 e. The van der Waals surface area contributed by atoms with Gasteiger partial charge in [0.1, 0.15) is 0 Å². The molecule has 1 radical (unpaired) electrons. The number of hydrogen-bond acceptors (Lipinski definition) is 3. The number of nitrogens with one attached hydrogen (secondary N) is 1. The number of H-pyrrole nitrogens is 1. The van der Waals surface area contributed by atoms with Gasteiger partial charge in [-0.05, 0) is 22.1 Å². The van der Waals surface area contributed by atoms with E-state index in [1.165, 1.54) is 5.56 Å². The molecule has 4 heteroatoms. The SMILES string of the molecule is [c]1ccc(Cc2nnn[nH]2)cc1. The van der Waals surface area contributed by atoms with E-state index in [1.807, 2.05) is 24.3 Å². The molecule has 0 atom stereocenters. The van der Waals surface area contributed by atoms with Crippen LogP contribution in [0, 0.1) is 6.07 Å². The predicted octanol–water partition coefficient (Wildman–Crippen LogP) is 0.591. The second-order valence-corrected chi connectivity index (χ2v) is 2.43. The molecular formula is C8H7N4. The van der Waals surface area contributed by atoms with E-state index in [9.17, 15) is 0 Å². The molecule has 2 aromatic rings. The third-order valence-corrected chi connectivity index (χ3v) is 1.55. The lowest BCUT2D eigenvalue weighted by atomic mass is 10.1. The van der Waals surface area contributed by atoms with E-state index >= 15 is 0 Å². The first-order valence-electron chi connectivity index (χ1n) is 3.63. The van der Waals surface area contributed by atoms with Gasteiger partial charge in [-0.1, -0.05) is 24.3 Å². The first kappa shape index (κ1) is 6.97. The molecule has 2 rings (SSSR count). The van der Waals surface area contributed by atoms with Crippen LogP contribution >= 0.6 is 0 Å². The van der Waals surface area contributed by atoms with Gasteiger partial charge in [-0.2, -0.15) is 0 Å². The summed E-state index contributed by atoms with van der Waals surface area (Å²) in [5.41, 5.74) is 1.17. The highest BCUT2D eigenvalue weighted by Gasteiger charge is 1.97. The van der Waals surface area contributed by atoms with Crippen molar-refractivity contribution in [3.05, 3.63) is 41.7 Å². The Hall–Kier alpha value is -1.71. The molecule has 12 heavy (non-hydrogen) atoms. The number of benzene rings is 1. The van der Waals surface area contributed by atoms with Crippen molar-refractivity contribution in [1.29, 1.82) is 0 Å². The highest BCUT2D eigenvalue weighted by atomic mass is 15.5. The molecular weight excluding hydrogens is 152 g/mol. The van der Waals surface area contributed by atoms with Crippen molar-refractivity contribution in [1.82, 2.24) is 20.6 Å². The Morgan fingerprint density at radius 2 is 2.17 bits per heavy atom. The van der Waals surface area contributed by atoms with Gasteiger partial charge in [0, 0.05) is 6.42 Å². The van der Waals surface area contributed by atoms with Gasteiger partial charge < -0.3 is 0 Å². The normalized spacial score (nSPS) is 10.0. The third-order valence-electron chi connectivity index (χ3n) is 1.55. The molecule has 0 fully saturated rings. The molecule has 1 aromatic carbocycles. The number of hydrogen-bond donors (Lipinski definition) is 1. The number of aromatic amines is 1. The molecule has 0 aliphatic carbocycles. The Morgan fingerprint density at radius 1 is 1.33 bits per heavy atom. The van der Waals surface area contributed by atoms with Gasteiger partial charge in [-0.15, -0.1) is 5.10 Å². The van der Waals surface area contributed by atoms with Crippen LogP contribution in [0.3, 0.4) is 0 Å². The lowest BCUT2D eigenvalue weighted by molar-refractivity contribution is 0.881. The quantitative estimate of drug-likeness (QED) is 0.697. The molecule has 59 valence electrons. The summed E-state index contributed by atoms with van der Waals surface area (Å²) in [4.78, 5) is 0. The average molecular weight is 159 g/mol. The maximum absolute atomic E-state index is 3.78. The van der Waals surface area contributed by atoms with Gasteiger partial charge in [0.25, 0.3) is 0 Å². The predicted molar refractivity (Wildman–Crippen MR) is 42.3 cm³/mol. The summed E-state index contributed by atoms with van der Waals surface area (Å²) in [5, 5.41) is 13.5. The van der Waals surface area contributed by atoms with Crippen LogP contribution in [0.25, 0.3) is 0 Å². The molecule has 1 heterocycles. The van der Waals surface area contributed by atoms with Gasteiger partial charge in [-0.25, -0.2) is 5.10 Å².